The molecule has 0 amide bonds. The van der Waals surface area contributed by atoms with Crippen LogP contribution in [0.3, 0.4) is 0 Å². The molecular weight excluding hydrogens is 438 g/mol. The number of rotatable bonds is 10. The fraction of sp³-hybridized carbons (Fsp3) is 0.688. The second-order valence-electron chi connectivity index (χ2n) is 6.03. The maximum Gasteiger partial charge on any atom is 0.434 e. The van der Waals surface area contributed by atoms with Gasteiger partial charge in [0.05, 0.1) is 0 Å². The maximum absolute atomic E-state index is 13.2. The van der Waals surface area contributed by atoms with E-state index in [4.69, 9.17) is 4.55 Å². The van der Waals surface area contributed by atoms with Gasteiger partial charge in [0.15, 0.2) is 6.17 Å². The summed E-state index contributed by atoms with van der Waals surface area (Å²) in [6.07, 6.45) is -6.72. The first-order valence-electron chi connectivity index (χ1n) is 8.41. The number of pyridine rings is 1. The number of hydrogen-bond donors (Lipinski definition) is 1. The molecule has 0 saturated carbocycles. The van der Waals surface area contributed by atoms with E-state index in [0.29, 0.717) is 0 Å². The Kier molecular flexibility index (Phi) is 11.0. The molecule has 0 spiro atoms. The summed E-state index contributed by atoms with van der Waals surface area (Å²) in [6.45, 7) is 0. The van der Waals surface area contributed by atoms with Gasteiger partial charge in [-0.1, -0.05) is 31.7 Å². The Bertz CT molecular complexity index is 642. The molecule has 1 atom stereocenters. The topological polar surface area (TPSA) is 67.3 Å². The van der Waals surface area contributed by atoms with Gasteiger partial charge >= 0.3 is 27.5 Å². The lowest BCUT2D eigenvalue weighted by molar-refractivity contribution is -0.198. The van der Waals surface area contributed by atoms with Crippen molar-refractivity contribution in [2.24, 2.45) is 0 Å². The average molecular weight is 459 g/mol. The summed E-state index contributed by atoms with van der Waals surface area (Å²) < 4.78 is 129. The average Bonchev–Trinajstić information content (AvgIpc) is 2.60. The number of hydrogen-bond acceptors (Lipinski definition) is 3. The fourth-order valence-corrected chi connectivity index (χ4v) is 2.50. The molecule has 0 aliphatic rings. The molecule has 1 heterocycles. The van der Waals surface area contributed by atoms with Crippen molar-refractivity contribution in [3.63, 3.8) is 0 Å². The Balaban J connectivity index is 0.00000110. The van der Waals surface area contributed by atoms with E-state index in [2.05, 4.69) is 4.98 Å². The molecule has 0 aliphatic carbocycles. The molecule has 29 heavy (non-hydrogen) atoms. The number of nitrogens with zero attached hydrogens (tertiary/aromatic N) is 1. The standard InChI is InChI=1S/C11H16F8O3S.C5H5N/c12-8(10(16,17)11(18,19)23(20,21)22)6-4-2-1-3-5-7-9(13,14)15;1-2-4-6-5-3-1/h8H,1-7H2,(H,20,21,22);1-5H. The lowest BCUT2D eigenvalue weighted by Crippen LogP contribution is -2.52. The Morgan fingerprint density at radius 3 is 1.69 bits per heavy atom. The number of halogens is 8. The Morgan fingerprint density at radius 2 is 1.31 bits per heavy atom. The summed E-state index contributed by atoms with van der Waals surface area (Å²) in [5.41, 5.74) is 0. The zero-order valence-corrected chi connectivity index (χ0v) is 15.9. The van der Waals surface area contributed by atoms with Crippen LogP contribution in [0.25, 0.3) is 0 Å². The van der Waals surface area contributed by atoms with Gasteiger partial charge in [-0.05, 0) is 25.0 Å². The predicted molar refractivity (Wildman–Crippen MR) is 88.9 cm³/mol. The van der Waals surface area contributed by atoms with Crippen molar-refractivity contribution in [1.82, 2.24) is 4.98 Å². The molecule has 13 heteroatoms. The van der Waals surface area contributed by atoms with Gasteiger partial charge in [-0.25, -0.2) is 4.39 Å². The Labute approximate surface area is 163 Å². The first-order valence-corrected chi connectivity index (χ1v) is 9.85. The maximum atomic E-state index is 13.2. The van der Waals surface area contributed by atoms with Crippen LogP contribution in [0.2, 0.25) is 0 Å². The largest absolute Gasteiger partial charge is 0.434 e. The van der Waals surface area contributed by atoms with Crippen molar-refractivity contribution in [3.8, 4) is 0 Å². The molecule has 1 unspecified atom stereocenters. The van der Waals surface area contributed by atoms with E-state index in [1.165, 1.54) is 0 Å². The molecule has 0 aromatic carbocycles. The lowest BCUT2D eigenvalue weighted by atomic mass is 10.0. The van der Waals surface area contributed by atoms with Crippen molar-refractivity contribution in [1.29, 1.82) is 0 Å². The third-order valence-corrected chi connectivity index (χ3v) is 4.51. The second-order valence-corrected chi connectivity index (χ2v) is 7.49. The molecular formula is C16H21F8NO3S. The van der Waals surface area contributed by atoms with E-state index in [-0.39, 0.29) is 32.1 Å². The van der Waals surface area contributed by atoms with Crippen LogP contribution in [-0.2, 0) is 10.1 Å². The van der Waals surface area contributed by atoms with Gasteiger partial charge in [-0.15, -0.1) is 0 Å². The van der Waals surface area contributed by atoms with Crippen LogP contribution in [0.4, 0.5) is 35.1 Å². The van der Waals surface area contributed by atoms with Crippen molar-refractivity contribution in [2.45, 2.75) is 68.5 Å². The first kappa shape index (κ1) is 27.5. The summed E-state index contributed by atoms with van der Waals surface area (Å²) in [4.78, 5) is 3.78. The third kappa shape index (κ3) is 10.2. The minimum absolute atomic E-state index is 0.0196. The minimum Gasteiger partial charge on any atom is -0.281 e. The van der Waals surface area contributed by atoms with Crippen LogP contribution in [0.1, 0.15) is 44.9 Å². The van der Waals surface area contributed by atoms with Crippen LogP contribution in [0.15, 0.2) is 30.6 Å². The second kappa shape index (κ2) is 11.6. The molecule has 0 radical (unpaired) electrons. The number of unbranched alkanes of at least 4 members (excludes halogenated alkanes) is 4. The van der Waals surface area contributed by atoms with Crippen LogP contribution in [-0.4, -0.2) is 41.5 Å². The molecule has 170 valence electrons. The Morgan fingerprint density at radius 1 is 0.828 bits per heavy atom. The SMILES string of the molecule is O=S(=O)(O)C(F)(F)C(F)(F)C(F)CCCCCCCC(F)(F)F.c1ccncc1. The zero-order valence-electron chi connectivity index (χ0n) is 15.1. The van der Waals surface area contributed by atoms with Gasteiger partial charge in [-0.3, -0.25) is 9.54 Å². The van der Waals surface area contributed by atoms with E-state index in [9.17, 15) is 43.5 Å². The van der Waals surface area contributed by atoms with Gasteiger partial charge < -0.3 is 0 Å². The minimum atomic E-state index is -6.49. The van der Waals surface area contributed by atoms with Crippen molar-refractivity contribution < 1.29 is 48.1 Å². The van der Waals surface area contributed by atoms with E-state index >= 15 is 0 Å². The highest BCUT2D eigenvalue weighted by Gasteiger charge is 2.69. The van der Waals surface area contributed by atoms with Crippen LogP contribution < -0.4 is 0 Å². The summed E-state index contributed by atoms with van der Waals surface area (Å²) in [7, 11) is -6.49. The molecule has 4 nitrogen and oxygen atoms in total. The van der Waals surface area contributed by atoms with Crippen LogP contribution >= 0.6 is 0 Å². The summed E-state index contributed by atoms with van der Waals surface area (Å²) in [5.74, 6) is -5.61. The van der Waals surface area contributed by atoms with Gasteiger partial charge in [0, 0.05) is 18.8 Å². The van der Waals surface area contributed by atoms with Gasteiger partial charge in [-0.2, -0.15) is 39.2 Å². The summed E-state index contributed by atoms with van der Waals surface area (Å²) >= 11 is 0. The predicted octanol–water partition coefficient (Wildman–Crippen LogP) is 5.82. The molecule has 0 aliphatic heterocycles. The van der Waals surface area contributed by atoms with E-state index in [1.807, 2.05) is 18.2 Å². The molecule has 0 saturated heterocycles. The van der Waals surface area contributed by atoms with Crippen LogP contribution in [0.5, 0.6) is 0 Å². The molecule has 1 aromatic heterocycles. The summed E-state index contributed by atoms with van der Waals surface area (Å²) in [5, 5.41) is -5.97. The van der Waals surface area contributed by atoms with E-state index < -0.39 is 46.5 Å². The van der Waals surface area contributed by atoms with E-state index in [0.717, 1.165) is 0 Å². The first-order chi connectivity index (χ1) is 13.1. The highest BCUT2D eigenvalue weighted by molar-refractivity contribution is 7.87. The quantitative estimate of drug-likeness (QED) is 0.272. The van der Waals surface area contributed by atoms with E-state index in [1.54, 1.807) is 12.4 Å². The van der Waals surface area contributed by atoms with Crippen LogP contribution in [0, 0.1) is 0 Å². The highest BCUT2D eigenvalue weighted by Crippen LogP contribution is 2.43. The molecule has 0 bridgehead atoms. The van der Waals surface area contributed by atoms with Crippen molar-refractivity contribution in [3.05, 3.63) is 30.6 Å². The normalized spacial score (nSPS) is 14.1. The van der Waals surface area contributed by atoms with Gasteiger partial charge in [0.2, 0.25) is 0 Å². The lowest BCUT2D eigenvalue weighted by Gasteiger charge is -2.26. The third-order valence-electron chi connectivity index (χ3n) is 3.59. The van der Waals surface area contributed by atoms with Gasteiger partial charge in [0.25, 0.3) is 0 Å². The fourth-order valence-electron chi connectivity index (χ4n) is 2.03. The molecule has 1 aromatic rings. The Hall–Kier alpha value is -1.50. The molecule has 1 N–H and O–H groups in total. The monoisotopic (exact) mass is 459 g/mol. The zero-order chi connectivity index (χ0) is 22.8. The highest BCUT2D eigenvalue weighted by atomic mass is 32.2. The number of aromatic nitrogens is 1. The summed E-state index contributed by atoms with van der Waals surface area (Å²) in [6, 6.07) is 5.72. The van der Waals surface area contributed by atoms with Crippen molar-refractivity contribution in [2.75, 3.05) is 0 Å². The van der Waals surface area contributed by atoms with Gasteiger partial charge in [0.1, 0.15) is 0 Å². The molecule has 1 rings (SSSR count). The molecule has 0 fully saturated rings. The van der Waals surface area contributed by atoms with Crippen molar-refractivity contribution >= 4 is 10.1 Å². The smallest absolute Gasteiger partial charge is 0.281 e. The number of alkyl halides is 8.